The van der Waals surface area contributed by atoms with Crippen LogP contribution in [-0.4, -0.2) is 29.6 Å². The van der Waals surface area contributed by atoms with E-state index in [0.717, 1.165) is 0 Å². The van der Waals surface area contributed by atoms with Crippen LogP contribution in [0.4, 0.5) is 5.69 Å². The van der Waals surface area contributed by atoms with Gasteiger partial charge >= 0.3 is 0 Å². The van der Waals surface area contributed by atoms with Gasteiger partial charge in [-0.05, 0) is 38.6 Å². The van der Waals surface area contributed by atoms with Gasteiger partial charge in [0.15, 0.2) is 0 Å². The van der Waals surface area contributed by atoms with E-state index in [1.54, 1.807) is 13.0 Å². The maximum Gasteiger partial charge on any atom is 0.240 e. The van der Waals surface area contributed by atoms with Gasteiger partial charge in [-0.3, -0.25) is 4.72 Å². The van der Waals surface area contributed by atoms with Crippen molar-refractivity contribution in [2.45, 2.75) is 18.7 Å². The highest BCUT2D eigenvalue weighted by molar-refractivity contribution is 7.92. The lowest BCUT2D eigenvalue weighted by molar-refractivity contribution is 0.588. The summed E-state index contributed by atoms with van der Waals surface area (Å²) in [5.74, 6) is -0.0740. The minimum atomic E-state index is -3.58. The van der Waals surface area contributed by atoms with E-state index in [2.05, 4.69) is 9.44 Å². The largest absolute Gasteiger partial charge is 0.283 e. The van der Waals surface area contributed by atoms with E-state index in [9.17, 15) is 16.8 Å². The van der Waals surface area contributed by atoms with Crippen LogP contribution in [0.3, 0.4) is 0 Å². The van der Waals surface area contributed by atoms with Gasteiger partial charge < -0.3 is 0 Å². The Morgan fingerprint density at radius 1 is 1.17 bits per heavy atom. The zero-order valence-electron chi connectivity index (χ0n) is 10.4. The van der Waals surface area contributed by atoms with Crippen molar-refractivity contribution in [3.8, 4) is 0 Å². The molecule has 0 saturated heterocycles. The predicted octanol–water partition coefficient (Wildman–Crippen LogP) is 0.665. The summed E-state index contributed by atoms with van der Waals surface area (Å²) >= 11 is 0. The van der Waals surface area contributed by atoms with Crippen LogP contribution in [0.5, 0.6) is 0 Å². The third-order valence-electron chi connectivity index (χ3n) is 2.43. The first-order chi connectivity index (χ1) is 8.22. The lowest BCUT2D eigenvalue weighted by Gasteiger charge is -2.11. The van der Waals surface area contributed by atoms with Gasteiger partial charge in [0.25, 0.3) is 0 Å². The van der Waals surface area contributed by atoms with Gasteiger partial charge in [0, 0.05) is 0 Å². The second-order valence-electron chi connectivity index (χ2n) is 3.69. The van der Waals surface area contributed by atoms with Crippen molar-refractivity contribution in [1.29, 1.82) is 0 Å². The average Bonchev–Trinajstić information content (AvgIpc) is 2.31. The number of hydrogen-bond donors (Lipinski definition) is 2. The van der Waals surface area contributed by atoms with Crippen molar-refractivity contribution in [2.24, 2.45) is 0 Å². The third-order valence-corrected chi connectivity index (χ3v) is 5.14. The standard InChI is InChI=1S/C10H16N2O4S2/c1-4-17(13,14)12-10-7-9(6-5-8(10)2)18(15,16)11-3/h5-7,11-12H,4H2,1-3H3. The van der Waals surface area contributed by atoms with Gasteiger partial charge in [-0.15, -0.1) is 0 Å². The molecule has 1 aromatic carbocycles. The van der Waals surface area contributed by atoms with Gasteiger partial charge in [0.2, 0.25) is 20.0 Å². The SMILES string of the molecule is CCS(=O)(=O)Nc1cc(S(=O)(=O)NC)ccc1C. The van der Waals surface area contributed by atoms with Crippen LogP contribution in [0, 0.1) is 6.92 Å². The molecule has 1 rings (SSSR count). The molecule has 0 aliphatic heterocycles. The Kier molecular flexibility index (Phi) is 4.36. The fraction of sp³-hybridized carbons (Fsp3) is 0.400. The van der Waals surface area contributed by atoms with Crippen LogP contribution in [0.2, 0.25) is 0 Å². The zero-order valence-corrected chi connectivity index (χ0v) is 12.0. The highest BCUT2D eigenvalue weighted by Gasteiger charge is 2.15. The fourth-order valence-corrected chi connectivity index (χ4v) is 2.69. The van der Waals surface area contributed by atoms with E-state index in [1.165, 1.54) is 26.1 Å². The van der Waals surface area contributed by atoms with Crippen LogP contribution < -0.4 is 9.44 Å². The second-order valence-corrected chi connectivity index (χ2v) is 7.59. The summed E-state index contributed by atoms with van der Waals surface area (Å²) in [7, 11) is -5.72. The van der Waals surface area contributed by atoms with Crippen molar-refractivity contribution >= 4 is 25.7 Å². The summed E-state index contributed by atoms with van der Waals surface area (Å²) in [6, 6.07) is 4.27. The highest BCUT2D eigenvalue weighted by Crippen LogP contribution is 2.21. The molecule has 2 N–H and O–H groups in total. The molecule has 18 heavy (non-hydrogen) atoms. The number of sulfonamides is 2. The Hall–Kier alpha value is -1.12. The maximum atomic E-state index is 11.6. The summed E-state index contributed by atoms with van der Waals surface area (Å²) in [6.07, 6.45) is 0. The molecule has 1 aromatic rings. The Bertz CT molecular complexity index is 636. The first kappa shape index (κ1) is 14.9. The molecule has 0 aromatic heterocycles. The van der Waals surface area contributed by atoms with Gasteiger partial charge in [-0.25, -0.2) is 21.6 Å². The molecule has 0 aliphatic rings. The molecule has 0 amide bonds. The first-order valence-corrected chi connectivity index (χ1v) is 8.40. The quantitative estimate of drug-likeness (QED) is 0.834. The number of anilines is 1. The summed E-state index contributed by atoms with van der Waals surface area (Å²) in [6.45, 7) is 3.20. The Morgan fingerprint density at radius 2 is 1.78 bits per heavy atom. The van der Waals surface area contributed by atoms with E-state index >= 15 is 0 Å². The molecule has 0 atom stereocenters. The molecule has 0 radical (unpaired) electrons. The van der Waals surface area contributed by atoms with Crippen LogP contribution in [0.15, 0.2) is 23.1 Å². The number of aryl methyl sites for hydroxylation is 1. The van der Waals surface area contributed by atoms with Crippen molar-refractivity contribution in [3.63, 3.8) is 0 Å². The normalized spacial score (nSPS) is 12.4. The van der Waals surface area contributed by atoms with Gasteiger partial charge in [0.05, 0.1) is 16.3 Å². The average molecular weight is 292 g/mol. The maximum absolute atomic E-state index is 11.6. The molecule has 0 heterocycles. The smallest absolute Gasteiger partial charge is 0.240 e. The predicted molar refractivity (Wildman–Crippen MR) is 70.5 cm³/mol. The van der Waals surface area contributed by atoms with Crippen molar-refractivity contribution in [2.75, 3.05) is 17.5 Å². The number of nitrogens with one attached hydrogen (secondary N) is 2. The second kappa shape index (κ2) is 5.25. The first-order valence-electron chi connectivity index (χ1n) is 5.26. The molecular weight excluding hydrogens is 276 g/mol. The molecular formula is C10H16N2O4S2. The van der Waals surface area contributed by atoms with Crippen molar-refractivity contribution < 1.29 is 16.8 Å². The monoisotopic (exact) mass is 292 g/mol. The Balaban J connectivity index is 3.27. The van der Waals surface area contributed by atoms with Crippen molar-refractivity contribution in [3.05, 3.63) is 23.8 Å². The molecule has 102 valence electrons. The molecule has 0 bridgehead atoms. The summed E-state index contributed by atoms with van der Waals surface area (Å²) in [5.41, 5.74) is 0.926. The fourth-order valence-electron chi connectivity index (χ4n) is 1.24. The van der Waals surface area contributed by atoms with E-state index in [4.69, 9.17) is 0 Å². The molecule has 0 unspecified atom stereocenters. The van der Waals surface area contributed by atoms with Crippen molar-refractivity contribution in [1.82, 2.24) is 4.72 Å². The van der Waals surface area contributed by atoms with E-state index in [0.29, 0.717) is 5.56 Å². The topological polar surface area (TPSA) is 92.3 Å². The van der Waals surface area contributed by atoms with E-state index < -0.39 is 20.0 Å². The Morgan fingerprint density at radius 3 is 2.28 bits per heavy atom. The van der Waals surface area contributed by atoms with Crippen LogP contribution in [0.1, 0.15) is 12.5 Å². The molecule has 0 spiro atoms. The van der Waals surface area contributed by atoms with E-state index in [1.807, 2.05) is 0 Å². The third kappa shape index (κ3) is 3.44. The highest BCUT2D eigenvalue weighted by atomic mass is 32.2. The van der Waals surface area contributed by atoms with Crippen LogP contribution in [0.25, 0.3) is 0 Å². The number of hydrogen-bond acceptors (Lipinski definition) is 4. The minimum Gasteiger partial charge on any atom is -0.283 e. The molecule has 0 saturated carbocycles. The van der Waals surface area contributed by atoms with Gasteiger partial charge in [-0.1, -0.05) is 6.07 Å². The lowest BCUT2D eigenvalue weighted by Crippen LogP contribution is -2.20. The summed E-state index contributed by atoms with van der Waals surface area (Å²) in [4.78, 5) is 0.0180. The number of benzene rings is 1. The lowest BCUT2D eigenvalue weighted by atomic mass is 10.2. The van der Waals surface area contributed by atoms with E-state index in [-0.39, 0.29) is 16.3 Å². The minimum absolute atomic E-state index is 0.0180. The molecule has 0 fully saturated rings. The van der Waals surface area contributed by atoms with Gasteiger partial charge in [0.1, 0.15) is 0 Å². The molecule has 0 aliphatic carbocycles. The number of rotatable bonds is 5. The van der Waals surface area contributed by atoms with Crippen LogP contribution >= 0.6 is 0 Å². The Labute approximate surface area is 108 Å². The summed E-state index contributed by atoms with van der Waals surface area (Å²) in [5, 5.41) is 0. The molecule has 6 nitrogen and oxygen atoms in total. The summed E-state index contributed by atoms with van der Waals surface area (Å²) < 4.78 is 50.7. The van der Waals surface area contributed by atoms with Crippen LogP contribution in [-0.2, 0) is 20.0 Å². The van der Waals surface area contributed by atoms with Gasteiger partial charge in [-0.2, -0.15) is 0 Å². The zero-order chi connectivity index (χ0) is 14.0. The molecule has 8 heteroatoms.